The lowest BCUT2D eigenvalue weighted by Gasteiger charge is -2.23. The van der Waals surface area contributed by atoms with Gasteiger partial charge in [0.05, 0.1) is 6.54 Å². The Morgan fingerprint density at radius 3 is 1.98 bits per heavy atom. The summed E-state index contributed by atoms with van der Waals surface area (Å²) in [6.45, 7) is 4.35. The molecular formula is C30H48N8O6. The Labute approximate surface area is 258 Å². The Balaban J connectivity index is 0.00000107. The molecule has 14 heteroatoms. The minimum Gasteiger partial charge on any atom is -0.508 e. The Hall–Kier alpha value is -4.69. The molecule has 0 bridgehead atoms. The lowest BCUT2D eigenvalue weighted by Crippen LogP contribution is -2.55. The van der Waals surface area contributed by atoms with Crippen molar-refractivity contribution < 1.29 is 29.4 Å². The highest BCUT2D eigenvalue weighted by Crippen LogP contribution is 2.12. The summed E-state index contributed by atoms with van der Waals surface area (Å²) in [5.41, 5.74) is 22.8. The van der Waals surface area contributed by atoms with Crippen molar-refractivity contribution in [2.75, 3.05) is 26.2 Å². The van der Waals surface area contributed by atoms with Crippen molar-refractivity contribution in [3.8, 4) is 5.75 Å². The number of aliphatic imine (C=N–C) groups is 1. The third-order valence-electron chi connectivity index (χ3n) is 5.67. The number of rotatable bonds is 15. The molecule has 244 valence electrons. The number of nitrogens with one attached hydrogen (secondary N) is 3. The van der Waals surface area contributed by atoms with Crippen LogP contribution in [0.1, 0.15) is 43.7 Å². The van der Waals surface area contributed by atoms with Crippen LogP contribution in [0.2, 0.25) is 0 Å². The van der Waals surface area contributed by atoms with E-state index in [0.717, 1.165) is 13.0 Å². The highest BCUT2D eigenvalue weighted by atomic mass is 16.4. The number of hydrogen-bond acceptors (Lipinski definition) is 8. The van der Waals surface area contributed by atoms with E-state index in [9.17, 15) is 24.3 Å². The van der Waals surface area contributed by atoms with Gasteiger partial charge in [-0.2, -0.15) is 0 Å². The molecule has 0 saturated carbocycles. The van der Waals surface area contributed by atoms with Crippen LogP contribution in [0.15, 0.2) is 59.6 Å². The lowest BCUT2D eigenvalue weighted by atomic mass is 10.0. The number of benzene rings is 2. The van der Waals surface area contributed by atoms with E-state index in [2.05, 4.69) is 40.0 Å². The Morgan fingerprint density at radius 2 is 1.52 bits per heavy atom. The molecule has 0 aliphatic carbocycles. The van der Waals surface area contributed by atoms with E-state index in [1.165, 1.54) is 17.7 Å². The standard InChI is InChI=1S/C19H29N5O6.C7H8.C4H11N3/c20-8-2-1-3-14(18(29)22-11-17(27)28)24-19(30)15(23-16(26)10-21)9-12-4-6-13(25)7-5-12;1-7-5-3-2-4-6-7;1-2-3-7-4(5)6/h4-7,14-15,25H,1-3,8-11,20-21H2,(H,22,29)(H,23,26)(H,24,30)(H,27,28);2-6H,1H3;2-3H2,1H3,(H4,5,6,7)/t14?,15-;;/m0../s1. The fourth-order valence-electron chi connectivity index (χ4n) is 3.43. The van der Waals surface area contributed by atoms with E-state index in [4.69, 9.17) is 28.0 Å². The summed E-state index contributed by atoms with van der Waals surface area (Å²) < 4.78 is 0. The van der Waals surface area contributed by atoms with Gasteiger partial charge in [-0.1, -0.05) is 55.0 Å². The van der Waals surface area contributed by atoms with Crippen LogP contribution in [-0.4, -0.2) is 78.1 Å². The van der Waals surface area contributed by atoms with E-state index in [1.807, 2.05) is 25.1 Å². The van der Waals surface area contributed by atoms with Crippen LogP contribution >= 0.6 is 0 Å². The summed E-state index contributed by atoms with van der Waals surface area (Å²) in [4.78, 5) is 51.3. The molecule has 14 nitrogen and oxygen atoms in total. The SMILES string of the molecule is CCCN=C(N)N.Cc1ccccc1.NCCCCC(NC(=O)[C@H](Cc1ccc(O)cc1)NC(=O)CN)C(=O)NCC(=O)O. The largest absolute Gasteiger partial charge is 0.508 e. The first kappa shape index (κ1) is 39.3. The summed E-state index contributed by atoms with van der Waals surface area (Å²) in [6.07, 6.45) is 2.52. The summed E-state index contributed by atoms with van der Waals surface area (Å²) in [5.74, 6) is -2.79. The monoisotopic (exact) mass is 616 g/mol. The number of unbranched alkanes of at least 4 members (excludes halogenated alkanes) is 1. The molecule has 0 saturated heterocycles. The van der Waals surface area contributed by atoms with Gasteiger partial charge in [-0.05, 0) is 56.8 Å². The quantitative estimate of drug-likeness (QED) is 0.0726. The molecule has 0 aromatic heterocycles. The number of hydrogen-bond donors (Lipinski definition) is 9. The number of carboxylic acid groups (broad SMARTS) is 1. The molecule has 0 heterocycles. The van der Waals surface area contributed by atoms with Crippen LogP contribution in [-0.2, 0) is 25.6 Å². The molecule has 0 aliphatic rings. The number of guanidine groups is 1. The predicted molar refractivity (Wildman–Crippen MR) is 170 cm³/mol. The smallest absolute Gasteiger partial charge is 0.322 e. The second-order valence-electron chi connectivity index (χ2n) is 9.61. The molecule has 0 radical (unpaired) electrons. The normalized spacial score (nSPS) is 11.2. The topological polar surface area (TPSA) is 261 Å². The van der Waals surface area contributed by atoms with Crippen LogP contribution in [0.25, 0.3) is 0 Å². The van der Waals surface area contributed by atoms with Gasteiger partial charge in [0.25, 0.3) is 0 Å². The number of carbonyl (C=O) groups is 4. The number of aryl methyl sites for hydroxylation is 1. The number of nitrogens with two attached hydrogens (primary N) is 4. The zero-order valence-corrected chi connectivity index (χ0v) is 25.5. The predicted octanol–water partition coefficient (Wildman–Crippen LogP) is -0.142. The minimum absolute atomic E-state index is 0.0563. The van der Waals surface area contributed by atoms with E-state index >= 15 is 0 Å². The zero-order valence-electron chi connectivity index (χ0n) is 25.5. The number of amides is 3. The molecule has 1 unspecified atom stereocenters. The molecule has 0 fully saturated rings. The number of carbonyl (C=O) groups excluding carboxylic acids is 3. The number of nitrogens with zero attached hydrogens (tertiary/aromatic N) is 1. The van der Waals surface area contributed by atoms with Crippen molar-refractivity contribution in [1.29, 1.82) is 0 Å². The summed E-state index contributed by atoms with van der Waals surface area (Å²) in [7, 11) is 0. The molecular weight excluding hydrogens is 568 g/mol. The Morgan fingerprint density at radius 1 is 0.886 bits per heavy atom. The van der Waals surface area contributed by atoms with Crippen molar-refractivity contribution in [1.82, 2.24) is 16.0 Å². The van der Waals surface area contributed by atoms with Crippen molar-refractivity contribution >= 4 is 29.7 Å². The molecule has 2 aromatic rings. The van der Waals surface area contributed by atoms with Gasteiger partial charge >= 0.3 is 5.97 Å². The number of phenolic OH excluding ortho intramolecular Hbond substituents is 1. The number of carboxylic acids is 1. The van der Waals surface area contributed by atoms with Crippen molar-refractivity contribution in [2.45, 2.75) is 58.0 Å². The number of aliphatic carboxylic acids is 1. The van der Waals surface area contributed by atoms with E-state index in [1.54, 1.807) is 12.1 Å². The van der Waals surface area contributed by atoms with Gasteiger partial charge in [0.1, 0.15) is 24.4 Å². The van der Waals surface area contributed by atoms with Crippen molar-refractivity contribution in [3.63, 3.8) is 0 Å². The Bertz CT molecular complexity index is 1140. The first-order valence-corrected chi connectivity index (χ1v) is 14.3. The molecule has 3 amide bonds. The Kier molecular flexibility index (Phi) is 21.3. The van der Waals surface area contributed by atoms with Gasteiger partial charge in [-0.3, -0.25) is 24.2 Å². The van der Waals surface area contributed by atoms with Crippen molar-refractivity contribution in [2.24, 2.45) is 27.9 Å². The van der Waals surface area contributed by atoms with Crippen LogP contribution in [0.5, 0.6) is 5.75 Å². The first-order valence-electron chi connectivity index (χ1n) is 14.3. The number of aromatic hydroxyl groups is 1. The van der Waals surface area contributed by atoms with Crippen LogP contribution in [0.3, 0.4) is 0 Å². The molecule has 2 aromatic carbocycles. The fraction of sp³-hybridized carbons (Fsp3) is 0.433. The van der Waals surface area contributed by atoms with Crippen LogP contribution in [0, 0.1) is 6.92 Å². The molecule has 2 rings (SSSR count). The van der Waals surface area contributed by atoms with Gasteiger partial charge in [0.2, 0.25) is 17.7 Å². The van der Waals surface area contributed by atoms with Crippen LogP contribution in [0.4, 0.5) is 0 Å². The second-order valence-corrected chi connectivity index (χ2v) is 9.61. The molecule has 44 heavy (non-hydrogen) atoms. The minimum atomic E-state index is -1.21. The third-order valence-corrected chi connectivity index (χ3v) is 5.67. The summed E-state index contributed by atoms with van der Waals surface area (Å²) in [6, 6.07) is 14.4. The highest BCUT2D eigenvalue weighted by molar-refractivity contribution is 5.93. The van der Waals surface area contributed by atoms with E-state index < -0.39 is 42.3 Å². The molecule has 2 atom stereocenters. The summed E-state index contributed by atoms with van der Waals surface area (Å²) >= 11 is 0. The third kappa shape index (κ3) is 20.2. The molecule has 13 N–H and O–H groups in total. The molecule has 0 spiro atoms. The molecule has 0 aliphatic heterocycles. The average molecular weight is 617 g/mol. The zero-order chi connectivity index (χ0) is 33.3. The highest BCUT2D eigenvalue weighted by Gasteiger charge is 2.27. The second kappa shape index (κ2) is 23.8. The van der Waals surface area contributed by atoms with Gasteiger partial charge in [-0.15, -0.1) is 0 Å². The maximum Gasteiger partial charge on any atom is 0.322 e. The van der Waals surface area contributed by atoms with Gasteiger partial charge in [0.15, 0.2) is 5.96 Å². The summed E-state index contributed by atoms with van der Waals surface area (Å²) in [5, 5.41) is 25.5. The van der Waals surface area contributed by atoms with E-state index in [-0.39, 0.29) is 31.1 Å². The maximum atomic E-state index is 12.8. The van der Waals surface area contributed by atoms with Gasteiger partial charge < -0.3 is 49.1 Å². The number of phenols is 1. The van der Waals surface area contributed by atoms with Gasteiger partial charge in [0, 0.05) is 13.0 Å². The van der Waals surface area contributed by atoms with Crippen LogP contribution < -0.4 is 38.9 Å². The fourth-order valence-corrected chi connectivity index (χ4v) is 3.43. The first-order chi connectivity index (χ1) is 20.9. The average Bonchev–Trinajstić information content (AvgIpc) is 3.00. The van der Waals surface area contributed by atoms with Crippen molar-refractivity contribution in [3.05, 3.63) is 65.7 Å². The maximum absolute atomic E-state index is 12.8. The van der Waals surface area contributed by atoms with Gasteiger partial charge in [-0.25, -0.2) is 0 Å². The van der Waals surface area contributed by atoms with E-state index in [0.29, 0.717) is 24.9 Å². The lowest BCUT2D eigenvalue weighted by molar-refractivity contribution is -0.138.